The Hall–Kier alpha value is -3.72. The fourth-order valence-corrected chi connectivity index (χ4v) is 3.39. The van der Waals surface area contributed by atoms with E-state index in [-0.39, 0.29) is 17.5 Å². The predicted molar refractivity (Wildman–Crippen MR) is 110 cm³/mol. The Bertz CT molecular complexity index is 1080. The van der Waals surface area contributed by atoms with Crippen molar-refractivity contribution in [3.8, 4) is 11.5 Å². The van der Waals surface area contributed by atoms with Gasteiger partial charge < -0.3 is 14.7 Å². The monoisotopic (exact) mass is 424 g/mol. The molecule has 1 N–H and O–H groups in total. The van der Waals surface area contributed by atoms with Gasteiger partial charge in [0.15, 0.2) is 5.69 Å². The van der Waals surface area contributed by atoms with Crippen molar-refractivity contribution in [1.82, 2.24) is 19.6 Å². The van der Waals surface area contributed by atoms with Gasteiger partial charge in [0.25, 0.3) is 0 Å². The molecule has 1 amide bonds. The highest BCUT2D eigenvalue weighted by Gasteiger charge is 2.23. The third-order valence-electron chi connectivity index (χ3n) is 5.00. The molecule has 1 fully saturated rings. The van der Waals surface area contributed by atoms with Gasteiger partial charge in [-0.2, -0.15) is 9.78 Å². The van der Waals surface area contributed by atoms with Crippen LogP contribution in [0.1, 0.15) is 16.1 Å². The first-order valence-corrected chi connectivity index (χ1v) is 9.81. The fourth-order valence-electron chi connectivity index (χ4n) is 3.39. The zero-order chi connectivity index (χ0) is 21.8. The van der Waals surface area contributed by atoms with E-state index in [9.17, 15) is 14.0 Å². The van der Waals surface area contributed by atoms with E-state index in [0.717, 1.165) is 10.2 Å². The summed E-state index contributed by atoms with van der Waals surface area (Å²) in [6, 6.07) is 14.5. The summed E-state index contributed by atoms with van der Waals surface area (Å²) in [5.41, 5.74) is 0.910. The van der Waals surface area contributed by atoms with Gasteiger partial charge in [0.1, 0.15) is 17.3 Å². The van der Waals surface area contributed by atoms with E-state index in [1.54, 1.807) is 17.0 Å². The lowest BCUT2D eigenvalue weighted by atomic mass is 10.2. The summed E-state index contributed by atoms with van der Waals surface area (Å²) < 4.78 is 19.9. The molecule has 160 valence electrons. The normalized spacial score (nSPS) is 14.4. The lowest BCUT2D eigenvalue weighted by Crippen LogP contribution is -2.49. The van der Waals surface area contributed by atoms with Crippen LogP contribution in [-0.4, -0.2) is 62.9 Å². The molecule has 1 aliphatic heterocycles. The molecule has 0 spiro atoms. The number of benzene rings is 2. The number of aromatic carboxylic acids is 1. The molecule has 0 saturated carbocycles. The van der Waals surface area contributed by atoms with E-state index in [1.165, 1.54) is 24.4 Å². The Morgan fingerprint density at radius 1 is 1.00 bits per heavy atom. The molecule has 31 heavy (non-hydrogen) atoms. The smallest absolute Gasteiger partial charge is 0.356 e. The van der Waals surface area contributed by atoms with Crippen molar-refractivity contribution in [2.24, 2.45) is 0 Å². The molecule has 9 heteroatoms. The highest BCUT2D eigenvalue weighted by atomic mass is 19.1. The topological polar surface area (TPSA) is 87.9 Å². The van der Waals surface area contributed by atoms with Gasteiger partial charge >= 0.3 is 12.0 Å². The van der Waals surface area contributed by atoms with Crippen molar-refractivity contribution in [3.63, 3.8) is 0 Å². The number of carbonyl (C=O) groups excluding carboxylic acids is 1. The van der Waals surface area contributed by atoms with Gasteiger partial charge in [-0.1, -0.05) is 12.1 Å². The fraction of sp³-hybridized carbons (Fsp3) is 0.227. The summed E-state index contributed by atoms with van der Waals surface area (Å²) in [5, 5.41) is 12.7. The summed E-state index contributed by atoms with van der Waals surface area (Å²) in [4.78, 5) is 27.3. The minimum absolute atomic E-state index is 0.158. The first kappa shape index (κ1) is 20.5. The summed E-state index contributed by atoms with van der Waals surface area (Å²) >= 11 is 0. The van der Waals surface area contributed by atoms with Crippen molar-refractivity contribution in [1.29, 1.82) is 0 Å². The number of rotatable bonds is 5. The van der Waals surface area contributed by atoms with E-state index in [4.69, 9.17) is 9.84 Å². The van der Waals surface area contributed by atoms with Crippen molar-refractivity contribution < 1.29 is 23.8 Å². The number of halogens is 1. The van der Waals surface area contributed by atoms with Crippen molar-refractivity contribution in [3.05, 3.63) is 77.9 Å². The van der Waals surface area contributed by atoms with Crippen molar-refractivity contribution >= 4 is 12.0 Å². The Morgan fingerprint density at radius 3 is 2.42 bits per heavy atom. The molecule has 8 nitrogen and oxygen atoms in total. The minimum atomic E-state index is -1.16. The highest BCUT2D eigenvalue weighted by molar-refractivity contribution is 5.86. The quantitative estimate of drug-likeness (QED) is 0.676. The Balaban J connectivity index is 1.32. The second kappa shape index (κ2) is 8.97. The van der Waals surface area contributed by atoms with Gasteiger partial charge in [-0.15, -0.1) is 0 Å². The van der Waals surface area contributed by atoms with Gasteiger partial charge in [0, 0.05) is 38.9 Å². The van der Waals surface area contributed by atoms with Gasteiger partial charge in [0.05, 0.1) is 0 Å². The number of amides is 1. The van der Waals surface area contributed by atoms with E-state index < -0.39 is 5.97 Å². The number of hydrogen-bond acceptors (Lipinski definition) is 5. The maximum atomic E-state index is 13.0. The minimum Gasteiger partial charge on any atom is -0.476 e. The maximum absolute atomic E-state index is 13.0. The zero-order valence-electron chi connectivity index (χ0n) is 16.6. The van der Waals surface area contributed by atoms with Crippen LogP contribution < -0.4 is 4.74 Å². The van der Waals surface area contributed by atoms with Gasteiger partial charge in [-0.25, -0.2) is 14.0 Å². The third-order valence-corrected chi connectivity index (χ3v) is 5.00. The number of hydrogen-bond donors (Lipinski definition) is 1. The lowest BCUT2D eigenvalue weighted by molar-refractivity contribution is 0.0689. The van der Waals surface area contributed by atoms with Crippen LogP contribution in [0.15, 0.2) is 60.8 Å². The van der Waals surface area contributed by atoms with Crippen LogP contribution in [0.5, 0.6) is 11.5 Å². The van der Waals surface area contributed by atoms with Crippen LogP contribution in [0.2, 0.25) is 0 Å². The third kappa shape index (κ3) is 5.07. The summed E-state index contributed by atoms with van der Waals surface area (Å²) in [5.74, 6) is -0.239. The molecule has 3 aromatic rings. The van der Waals surface area contributed by atoms with Gasteiger partial charge in [0.2, 0.25) is 0 Å². The molecule has 0 aliphatic carbocycles. The lowest BCUT2D eigenvalue weighted by Gasteiger charge is -2.34. The standard InChI is InChI=1S/C22H21FN4O4/c23-17-4-6-18(7-5-17)31-19-3-1-2-16(14-19)15-25-10-12-26(13-11-25)22(30)27-9-8-20(24-27)21(28)29/h1-9,14H,10-13,15H2,(H,28,29). The number of aromatic nitrogens is 2. The molecule has 0 bridgehead atoms. The van der Waals surface area contributed by atoms with Crippen LogP contribution in [0, 0.1) is 5.82 Å². The van der Waals surface area contributed by atoms with E-state index in [2.05, 4.69) is 10.00 Å². The molecule has 0 radical (unpaired) electrons. The first-order valence-electron chi connectivity index (χ1n) is 9.81. The van der Waals surface area contributed by atoms with Crippen LogP contribution in [0.3, 0.4) is 0 Å². The SMILES string of the molecule is O=C(O)c1ccn(C(=O)N2CCN(Cc3cccc(Oc4ccc(F)cc4)c3)CC2)n1. The number of ether oxygens (including phenoxy) is 1. The van der Waals surface area contributed by atoms with Crippen LogP contribution in [0.4, 0.5) is 9.18 Å². The number of piperazine rings is 1. The molecule has 1 aliphatic rings. The van der Waals surface area contributed by atoms with Crippen LogP contribution in [0.25, 0.3) is 0 Å². The molecule has 0 atom stereocenters. The second-order valence-corrected chi connectivity index (χ2v) is 7.20. The number of nitrogens with zero attached hydrogens (tertiary/aromatic N) is 4. The molecular weight excluding hydrogens is 403 g/mol. The maximum Gasteiger partial charge on any atom is 0.356 e. The molecule has 4 rings (SSSR count). The molecule has 0 unspecified atom stereocenters. The molecular formula is C22H21FN4O4. The van der Waals surface area contributed by atoms with E-state index in [1.807, 2.05) is 24.3 Å². The van der Waals surface area contributed by atoms with E-state index >= 15 is 0 Å². The Kier molecular flexibility index (Phi) is 5.94. The van der Waals surface area contributed by atoms with Crippen LogP contribution >= 0.6 is 0 Å². The summed E-state index contributed by atoms with van der Waals surface area (Å²) in [6.07, 6.45) is 1.37. The van der Waals surface area contributed by atoms with Gasteiger partial charge in [-0.3, -0.25) is 4.90 Å². The number of carbonyl (C=O) groups is 2. The Labute approximate surface area is 178 Å². The molecule has 1 aromatic heterocycles. The van der Waals surface area contributed by atoms with Crippen LogP contribution in [-0.2, 0) is 6.54 Å². The Morgan fingerprint density at radius 2 is 1.74 bits per heavy atom. The zero-order valence-corrected chi connectivity index (χ0v) is 16.6. The molecule has 2 aromatic carbocycles. The van der Waals surface area contributed by atoms with E-state index in [0.29, 0.717) is 44.2 Å². The average molecular weight is 424 g/mol. The largest absolute Gasteiger partial charge is 0.476 e. The average Bonchev–Trinajstić information content (AvgIpc) is 3.26. The molecule has 2 heterocycles. The first-order chi connectivity index (χ1) is 15.0. The second-order valence-electron chi connectivity index (χ2n) is 7.20. The number of carboxylic acid groups (broad SMARTS) is 1. The van der Waals surface area contributed by atoms with Crippen molar-refractivity contribution in [2.45, 2.75) is 6.54 Å². The van der Waals surface area contributed by atoms with Crippen molar-refractivity contribution in [2.75, 3.05) is 26.2 Å². The predicted octanol–water partition coefficient (Wildman–Crippen LogP) is 3.30. The number of carboxylic acids is 1. The summed E-state index contributed by atoms with van der Waals surface area (Å²) in [6.45, 7) is 3.11. The molecule has 1 saturated heterocycles. The summed E-state index contributed by atoms with van der Waals surface area (Å²) in [7, 11) is 0. The van der Waals surface area contributed by atoms with Gasteiger partial charge in [-0.05, 0) is 48.0 Å². The highest BCUT2D eigenvalue weighted by Crippen LogP contribution is 2.23.